The molecule has 0 heterocycles. The smallest absolute Gasteiger partial charge is 0.289 e. The third-order valence-corrected chi connectivity index (χ3v) is 9.12. The van der Waals surface area contributed by atoms with Crippen molar-refractivity contribution in [2.75, 3.05) is 0 Å². The maximum absolute atomic E-state index is 14.5. The number of carbonyl (C=O) groups is 2. The standard InChI is InChI=1S/C44H48F6N4O2/c1-39(2,3)33-17-25(18-34(37(33)55)40(4,5)6)23-51-53-27-13-15-29(31(21-27)43(45,46)47)30-16-14-28(22-32(30)44(48,49)50)54-52-24-26-19-35(41(7,8)9)38(56)36(20-26)42(10,11)12/h13-24H,1-12H3. The van der Waals surface area contributed by atoms with Gasteiger partial charge in [-0.2, -0.15) is 46.8 Å². The van der Waals surface area contributed by atoms with Crippen LogP contribution in [0.5, 0.6) is 0 Å². The lowest BCUT2D eigenvalue weighted by atomic mass is 9.72. The van der Waals surface area contributed by atoms with Crippen molar-refractivity contribution in [3.05, 3.63) is 118 Å². The second-order valence-corrected chi connectivity index (χ2v) is 18.0. The molecule has 2 aliphatic rings. The first-order chi connectivity index (χ1) is 25.4. The predicted molar refractivity (Wildman–Crippen MR) is 207 cm³/mol. The van der Waals surface area contributed by atoms with Crippen LogP contribution < -0.4 is 0 Å². The Labute approximate surface area is 324 Å². The van der Waals surface area contributed by atoms with Crippen LogP contribution in [0.4, 0.5) is 37.7 Å². The number of carbonyl (C=O) groups excluding carboxylic acids is 2. The highest BCUT2D eigenvalue weighted by Crippen LogP contribution is 2.46. The Bertz CT molecular complexity index is 1950. The fourth-order valence-corrected chi connectivity index (χ4v) is 6.13. The highest BCUT2D eigenvalue weighted by atomic mass is 19.4. The van der Waals surface area contributed by atoms with E-state index in [0.717, 1.165) is 24.3 Å². The maximum Gasteiger partial charge on any atom is 0.417 e. The molecule has 4 rings (SSSR count). The zero-order valence-electron chi connectivity index (χ0n) is 33.8. The molecule has 0 atom stereocenters. The predicted octanol–water partition coefficient (Wildman–Crippen LogP) is 14.4. The van der Waals surface area contributed by atoms with E-state index in [1.54, 1.807) is 24.3 Å². The molecule has 12 heteroatoms. The van der Waals surface area contributed by atoms with Gasteiger partial charge in [-0.1, -0.05) is 95.2 Å². The number of hydrogen-bond donors (Lipinski definition) is 0. The van der Waals surface area contributed by atoms with Crippen molar-refractivity contribution in [2.24, 2.45) is 42.1 Å². The minimum atomic E-state index is -5.05. The lowest BCUT2D eigenvalue weighted by Gasteiger charge is -2.31. The Kier molecular flexibility index (Phi) is 11.8. The number of hydrogen-bond acceptors (Lipinski definition) is 6. The van der Waals surface area contributed by atoms with Gasteiger partial charge in [-0.05, 0) is 92.5 Å². The molecule has 6 nitrogen and oxygen atoms in total. The largest absolute Gasteiger partial charge is 0.417 e. The summed E-state index contributed by atoms with van der Waals surface area (Å²) in [4.78, 5) is 26.4. The minimum absolute atomic E-state index is 0.103. The second-order valence-electron chi connectivity index (χ2n) is 18.0. The topological polar surface area (TPSA) is 83.6 Å². The third kappa shape index (κ3) is 10.2. The van der Waals surface area contributed by atoms with Crippen LogP contribution in [0.15, 0.2) is 127 Å². The normalized spacial score (nSPS) is 16.7. The molecule has 0 bridgehead atoms. The molecule has 0 aliphatic heterocycles. The summed E-state index contributed by atoms with van der Waals surface area (Å²) < 4.78 is 86.8. The fourth-order valence-electron chi connectivity index (χ4n) is 6.13. The van der Waals surface area contributed by atoms with Crippen LogP contribution in [0.25, 0.3) is 11.1 Å². The van der Waals surface area contributed by atoms with Crippen molar-refractivity contribution in [1.82, 2.24) is 0 Å². The summed E-state index contributed by atoms with van der Waals surface area (Å²) in [5.41, 5.74) is -3.36. The number of halogens is 6. The summed E-state index contributed by atoms with van der Waals surface area (Å²) in [6.07, 6.45) is -0.798. The molecule has 2 aromatic carbocycles. The van der Waals surface area contributed by atoms with Gasteiger partial charge in [0.15, 0.2) is 11.6 Å². The first-order valence-electron chi connectivity index (χ1n) is 18.0. The van der Waals surface area contributed by atoms with Crippen molar-refractivity contribution in [1.29, 1.82) is 0 Å². The van der Waals surface area contributed by atoms with Crippen molar-refractivity contribution in [3.63, 3.8) is 0 Å². The average molecular weight is 779 g/mol. The van der Waals surface area contributed by atoms with Crippen molar-refractivity contribution < 1.29 is 35.9 Å². The van der Waals surface area contributed by atoms with Gasteiger partial charge < -0.3 is 0 Å². The molecule has 0 radical (unpaired) electrons. The summed E-state index contributed by atoms with van der Waals surface area (Å²) in [6.45, 7) is 22.7. The molecule has 298 valence electrons. The summed E-state index contributed by atoms with van der Waals surface area (Å²) in [6, 6.07) is 5.44. The van der Waals surface area contributed by atoms with E-state index in [0.29, 0.717) is 45.6 Å². The van der Waals surface area contributed by atoms with Gasteiger partial charge in [-0.15, -0.1) is 0 Å². The van der Waals surface area contributed by atoms with Crippen LogP contribution in [-0.4, -0.2) is 11.6 Å². The Hall–Kier alpha value is -5.00. The van der Waals surface area contributed by atoms with E-state index in [1.807, 2.05) is 83.1 Å². The Morgan fingerprint density at radius 1 is 0.446 bits per heavy atom. The van der Waals surface area contributed by atoms with Gasteiger partial charge in [0.1, 0.15) is 0 Å². The zero-order chi connectivity index (χ0) is 42.4. The maximum atomic E-state index is 14.5. The van der Waals surface area contributed by atoms with Crippen molar-refractivity contribution in [3.8, 4) is 11.1 Å². The van der Waals surface area contributed by atoms with Crippen LogP contribution in [-0.2, 0) is 21.9 Å². The van der Waals surface area contributed by atoms with E-state index in [9.17, 15) is 35.9 Å². The summed E-state index contributed by atoms with van der Waals surface area (Å²) in [5.74, 6) is -0.206. The van der Waals surface area contributed by atoms with E-state index >= 15 is 0 Å². The third-order valence-electron chi connectivity index (χ3n) is 9.12. The fraction of sp³-hybridized carbons (Fsp3) is 0.409. The van der Waals surface area contributed by atoms with Gasteiger partial charge in [0.05, 0.1) is 34.9 Å². The van der Waals surface area contributed by atoms with Crippen molar-refractivity contribution in [2.45, 2.75) is 95.4 Å². The minimum Gasteiger partial charge on any atom is -0.289 e. The van der Waals surface area contributed by atoms with Crippen LogP contribution in [0.3, 0.4) is 0 Å². The highest BCUT2D eigenvalue weighted by Gasteiger charge is 2.39. The number of benzene rings is 2. The van der Waals surface area contributed by atoms with Crippen molar-refractivity contribution >= 4 is 22.9 Å². The van der Waals surface area contributed by atoms with Gasteiger partial charge >= 0.3 is 12.4 Å². The lowest BCUT2D eigenvalue weighted by molar-refractivity contribution is -0.139. The number of rotatable bonds is 5. The molecule has 0 saturated heterocycles. The number of alkyl halides is 6. The van der Waals surface area contributed by atoms with E-state index < -0.39 is 56.3 Å². The number of Topliss-reactive ketones (excluding diaryl/α,β-unsaturated/α-hetero) is 2. The summed E-state index contributed by atoms with van der Waals surface area (Å²) >= 11 is 0. The van der Waals surface area contributed by atoms with E-state index in [-0.39, 0.29) is 22.9 Å². The molecule has 0 saturated carbocycles. The highest BCUT2D eigenvalue weighted by molar-refractivity contribution is 6.12. The molecule has 0 aromatic heterocycles. The van der Waals surface area contributed by atoms with Gasteiger partial charge in [-0.3, -0.25) is 9.59 Å². The van der Waals surface area contributed by atoms with Crippen LogP contribution in [0.1, 0.15) is 94.2 Å². The molecule has 0 amide bonds. The van der Waals surface area contributed by atoms with Crippen LogP contribution in [0.2, 0.25) is 0 Å². The van der Waals surface area contributed by atoms with E-state index in [4.69, 9.17) is 0 Å². The molecular weight excluding hydrogens is 730 g/mol. The number of allylic oxidation sites excluding steroid dienone is 10. The molecule has 0 N–H and O–H groups in total. The van der Waals surface area contributed by atoms with Crippen LogP contribution >= 0.6 is 0 Å². The number of azo groups is 2. The SMILES string of the molecule is CC(C)(C)C1=CC(=CN=Nc2ccc(-c3ccc(N=NC=C4C=C(C(C)(C)C)C(=O)C(C(C)(C)C)=C4)cc3C(F)(F)F)c(C(F)(F)F)c2)C=C(C(C)(C)C)C1=O. The van der Waals surface area contributed by atoms with Crippen LogP contribution in [0, 0.1) is 21.7 Å². The molecule has 0 fully saturated rings. The Morgan fingerprint density at radius 2 is 0.714 bits per heavy atom. The van der Waals surface area contributed by atoms with Gasteiger partial charge in [0, 0.05) is 22.3 Å². The molecule has 0 spiro atoms. The summed E-state index contributed by atoms with van der Waals surface area (Å²) in [7, 11) is 0. The monoisotopic (exact) mass is 778 g/mol. The van der Waals surface area contributed by atoms with Gasteiger partial charge in [-0.25, -0.2) is 0 Å². The van der Waals surface area contributed by atoms with Gasteiger partial charge in [0.25, 0.3) is 0 Å². The van der Waals surface area contributed by atoms with E-state index in [2.05, 4.69) is 20.5 Å². The van der Waals surface area contributed by atoms with E-state index in [1.165, 1.54) is 12.4 Å². The lowest BCUT2D eigenvalue weighted by Crippen LogP contribution is -2.27. The number of nitrogens with zero attached hydrogens (tertiary/aromatic N) is 4. The van der Waals surface area contributed by atoms with Gasteiger partial charge in [0.2, 0.25) is 0 Å². The molecule has 56 heavy (non-hydrogen) atoms. The Morgan fingerprint density at radius 3 is 0.946 bits per heavy atom. The number of ketones is 2. The quantitative estimate of drug-likeness (QED) is 0.224. The zero-order valence-corrected chi connectivity index (χ0v) is 33.8. The molecule has 2 aromatic rings. The molecule has 0 unspecified atom stereocenters. The summed E-state index contributed by atoms with van der Waals surface area (Å²) in [5, 5.41) is 15.8. The Balaban J connectivity index is 1.74. The molecular formula is C44H48F6N4O2. The average Bonchev–Trinajstić information content (AvgIpc) is 3.03. The second kappa shape index (κ2) is 15.2. The first kappa shape index (κ1) is 43.7. The first-order valence-corrected chi connectivity index (χ1v) is 18.0. The molecule has 2 aliphatic carbocycles.